The lowest BCUT2D eigenvalue weighted by Crippen LogP contribution is -2.47. The molecule has 1 saturated carbocycles. The Balaban J connectivity index is 1.50. The van der Waals surface area contributed by atoms with Crippen molar-refractivity contribution in [1.29, 1.82) is 0 Å². The molecule has 3 rings (SSSR count). The first-order valence-electron chi connectivity index (χ1n) is 8.61. The molecule has 2 aliphatic rings. The van der Waals surface area contributed by atoms with Crippen molar-refractivity contribution < 1.29 is 4.79 Å². The predicted octanol–water partition coefficient (Wildman–Crippen LogP) is 1.94. The van der Waals surface area contributed by atoms with E-state index in [0.717, 1.165) is 38.6 Å². The molecule has 2 N–H and O–H groups in total. The SMILES string of the molecule is O=C(CCNC(c1ccccc1)C1CCC1)N1CCNCC1. The van der Waals surface area contributed by atoms with Crippen LogP contribution >= 0.6 is 0 Å². The smallest absolute Gasteiger partial charge is 0.223 e. The van der Waals surface area contributed by atoms with E-state index < -0.39 is 0 Å². The highest BCUT2D eigenvalue weighted by atomic mass is 16.2. The van der Waals surface area contributed by atoms with Crippen molar-refractivity contribution in [3.8, 4) is 0 Å². The second-order valence-corrected chi connectivity index (χ2v) is 6.41. The lowest BCUT2D eigenvalue weighted by Gasteiger charge is -2.35. The second kappa shape index (κ2) is 7.75. The van der Waals surface area contributed by atoms with Crippen LogP contribution in [0.2, 0.25) is 0 Å². The minimum atomic E-state index is 0.287. The molecule has 2 fully saturated rings. The minimum Gasteiger partial charge on any atom is -0.340 e. The first kappa shape index (κ1) is 15.5. The van der Waals surface area contributed by atoms with Crippen molar-refractivity contribution in [2.24, 2.45) is 5.92 Å². The Morgan fingerprint density at radius 2 is 1.95 bits per heavy atom. The van der Waals surface area contributed by atoms with Gasteiger partial charge in [-0.2, -0.15) is 0 Å². The van der Waals surface area contributed by atoms with Crippen LogP contribution in [0.3, 0.4) is 0 Å². The number of carbonyl (C=O) groups excluding carboxylic acids is 1. The summed E-state index contributed by atoms with van der Waals surface area (Å²) in [4.78, 5) is 14.2. The maximum atomic E-state index is 12.2. The van der Waals surface area contributed by atoms with Crippen LogP contribution in [0.1, 0.15) is 37.3 Å². The monoisotopic (exact) mass is 301 g/mol. The van der Waals surface area contributed by atoms with Gasteiger partial charge in [0.25, 0.3) is 0 Å². The van der Waals surface area contributed by atoms with E-state index in [0.29, 0.717) is 12.5 Å². The van der Waals surface area contributed by atoms with Gasteiger partial charge < -0.3 is 15.5 Å². The fourth-order valence-electron chi connectivity index (χ4n) is 3.40. The van der Waals surface area contributed by atoms with E-state index in [4.69, 9.17) is 0 Å². The van der Waals surface area contributed by atoms with Gasteiger partial charge in [-0.1, -0.05) is 36.8 Å². The van der Waals surface area contributed by atoms with Gasteiger partial charge in [0.1, 0.15) is 0 Å². The second-order valence-electron chi connectivity index (χ2n) is 6.41. The van der Waals surface area contributed by atoms with Crippen LogP contribution in [0.25, 0.3) is 0 Å². The van der Waals surface area contributed by atoms with Crippen molar-refractivity contribution in [2.75, 3.05) is 32.7 Å². The number of amides is 1. The molecule has 1 saturated heterocycles. The van der Waals surface area contributed by atoms with Gasteiger partial charge in [0.05, 0.1) is 0 Å². The summed E-state index contributed by atoms with van der Waals surface area (Å²) in [5.41, 5.74) is 1.36. The Labute approximate surface area is 133 Å². The van der Waals surface area contributed by atoms with Gasteiger partial charge in [-0.3, -0.25) is 4.79 Å². The van der Waals surface area contributed by atoms with Gasteiger partial charge in [-0.25, -0.2) is 0 Å². The van der Waals surface area contributed by atoms with Gasteiger partial charge in [-0.05, 0) is 24.3 Å². The van der Waals surface area contributed by atoms with Crippen molar-refractivity contribution in [3.63, 3.8) is 0 Å². The third-order valence-corrected chi connectivity index (χ3v) is 4.95. The van der Waals surface area contributed by atoms with Crippen LogP contribution in [0.5, 0.6) is 0 Å². The highest BCUT2D eigenvalue weighted by Gasteiger charge is 2.28. The first-order chi connectivity index (χ1) is 10.8. The molecule has 0 aromatic heterocycles. The topological polar surface area (TPSA) is 44.4 Å². The number of hydrogen-bond donors (Lipinski definition) is 2. The average Bonchev–Trinajstić information content (AvgIpc) is 2.53. The van der Waals surface area contributed by atoms with E-state index in [1.54, 1.807) is 0 Å². The summed E-state index contributed by atoms with van der Waals surface area (Å²) in [7, 11) is 0. The molecule has 1 aliphatic heterocycles. The van der Waals surface area contributed by atoms with Gasteiger partial charge in [-0.15, -0.1) is 0 Å². The minimum absolute atomic E-state index is 0.287. The maximum Gasteiger partial charge on any atom is 0.223 e. The molecule has 1 aromatic rings. The summed E-state index contributed by atoms with van der Waals surface area (Å²) in [6, 6.07) is 11.1. The largest absolute Gasteiger partial charge is 0.340 e. The lowest BCUT2D eigenvalue weighted by molar-refractivity contribution is -0.131. The number of rotatable bonds is 6. The number of nitrogens with one attached hydrogen (secondary N) is 2. The summed E-state index contributed by atoms with van der Waals surface area (Å²) in [5, 5.41) is 6.93. The van der Waals surface area contributed by atoms with Crippen molar-refractivity contribution in [3.05, 3.63) is 35.9 Å². The Bertz CT molecular complexity index is 466. The van der Waals surface area contributed by atoms with Gasteiger partial charge in [0, 0.05) is 45.2 Å². The predicted molar refractivity (Wildman–Crippen MR) is 88.6 cm³/mol. The van der Waals surface area contributed by atoms with E-state index >= 15 is 0 Å². The molecule has 4 nitrogen and oxygen atoms in total. The highest BCUT2D eigenvalue weighted by Crippen LogP contribution is 2.37. The molecule has 1 atom stereocenters. The average molecular weight is 301 g/mol. The normalized spacial score (nSPS) is 20.5. The fourth-order valence-corrected chi connectivity index (χ4v) is 3.40. The van der Waals surface area contributed by atoms with Crippen LogP contribution in [-0.4, -0.2) is 43.5 Å². The number of hydrogen-bond acceptors (Lipinski definition) is 3. The molecule has 0 radical (unpaired) electrons. The number of benzene rings is 1. The zero-order valence-corrected chi connectivity index (χ0v) is 13.3. The van der Waals surface area contributed by atoms with Gasteiger partial charge in [0.15, 0.2) is 0 Å². The van der Waals surface area contributed by atoms with Crippen molar-refractivity contribution >= 4 is 5.91 Å². The third-order valence-electron chi connectivity index (χ3n) is 4.95. The Hall–Kier alpha value is -1.39. The van der Waals surface area contributed by atoms with E-state index in [-0.39, 0.29) is 5.91 Å². The molecular weight excluding hydrogens is 274 g/mol. The molecule has 1 aromatic carbocycles. The maximum absolute atomic E-state index is 12.2. The first-order valence-corrected chi connectivity index (χ1v) is 8.61. The van der Waals surface area contributed by atoms with Gasteiger partial charge in [0.2, 0.25) is 5.91 Å². The molecule has 1 aliphatic carbocycles. The molecule has 1 unspecified atom stereocenters. The number of carbonyl (C=O) groups is 1. The zero-order valence-electron chi connectivity index (χ0n) is 13.3. The van der Waals surface area contributed by atoms with Crippen LogP contribution in [0.4, 0.5) is 0 Å². The number of piperazine rings is 1. The standard InChI is InChI=1S/C18H27N3O/c22-17(21-13-11-19-12-14-21)9-10-20-18(16-7-4-8-16)15-5-2-1-3-6-15/h1-3,5-6,16,18-20H,4,7-14H2. The Morgan fingerprint density at radius 1 is 1.23 bits per heavy atom. The van der Waals surface area contributed by atoms with E-state index in [9.17, 15) is 4.79 Å². The summed E-state index contributed by atoms with van der Waals surface area (Å²) >= 11 is 0. The summed E-state index contributed by atoms with van der Waals surface area (Å²) in [5.74, 6) is 1.02. The molecule has 1 heterocycles. The highest BCUT2D eigenvalue weighted by molar-refractivity contribution is 5.76. The van der Waals surface area contributed by atoms with Crippen LogP contribution in [0, 0.1) is 5.92 Å². The molecule has 22 heavy (non-hydrogen) atoms. The Kier molecular flexibility index (Phi) is 5.46. The number of nitrogens with zero attached hydrogens (tertiary/aromatic N) is 1. The molecule has 0 bridgehead atoms. The van der Waals surface area contributed by atoms with E-state index in [1.807, 2.05) is 4.90 Å². The van der Waals surface area contributed by atoms with Crippen molar-refractivity contribution in [1.82, 2.24) is 15.5 Å². The quantitative estimate of drug-likeness (QED) is 0.844. The molecular formula is C18H27N3O. The van der Waals surface area contributed by atoms with E-state index in [1.165, 1.54) is 24.8 Å². The fraction of sp³-hybridized carbons (Fsp3) is 0.611. The zero-order chi connectivity index (χ0) is 15.2. The third kappa shape index (κ3) is 3.87. The molecule has 0 spiro atoms. The van der Waals surface area contributed by atoms with Crippen LogP contribution in [-0.2, 0) is 4.79 Å². The Morgan fingerprint density at radius 3 is 2.59 bits per heavy atom. The molecule has 120 valence electrons. The van der Waals surface area contributed by atoms with Crippen molar-refractivity contribution in [2.45, 2.75) is 31.7 Å². The molecule has 4 heteroatoms. The summed E-state index contributed by atoms with van der Waals surface area (Å²) in [6.45, 7) is 4.33. The van der Waals surface area contributed by atoms with Crippen LogP contribution < -0.4 is 10.6 Å². The molecule has 1 amide bonds. The summed E-state index contributed by atoms with van der Waals surface area (Å²) in [6.07, 6.45) is 4.56. The van der Waals surface area contributed by atoms with E-state index in [2.05, 4.69) is 41.0 Å². The van der Waals surface area contributed by atoms with Gasteiger partial charge >= 0.3 is 0 Å². The van der Waals surface area contributed by atoms with Crippen LogP contribution in [0.15, 0.2) is 30.3 Å². The lowest BCUT2D eigenvalue weighted by atomic mass is 9.77. The summed E-state index contributed by atoms with van der Waals surface area (Å²) < 4.78 is 0.